The van der Waals surface area contributed by atoms with Crippen molar-refractivity contribution in [2.75, 3.05) is 20.8 Å². The fourth-order valence-electron chi connectivity index (χ4n) is 2.30. The van der Waals surface area contributed by atoms with Gasteiger partial charge < -0.3 is 14.8 Å². The molecule has 2 aromatic rings. The van der Waals surface area contributed by atoms with E-state index < -0.39 is 0 Å². The number of amides is 1. The second-order valence-corrected chi connectivity index (χ2v) is 5.72. The van der Waals surface area contributed by atoms with Gasteiger partial charge in [-0.2, -0.15) is 0 Å². The van der Waals surface area contributed by atoms with Crippen molar-refractivity contribution < 1.29 is 14.3 Å². The number of fused-ring (bicyclic) bond motifs is 1. The van der Waals surface area contributed by atoms with Crippen LogP contribution in [-0.2, 0) is 4.74 Å². The summed E-state index contributed by atoms with van der Waals surface area (Å²) in [5, 5.41) is 5.27. The Kier molecular flexibility index (Phi) is 6.34. The van der Waals surface area contributed by atoms with Gasteiger partial charge in [0, 0.05) is 13.2 Å². The maximum Gasteiger partial charge on any atom is 0.273 e. The van der Waals surface area contributed by atoms with Crippen LogP contribution < -0.4 is 20.9 Å². The number of ether oxygens (including phenoxy) is 2. The van der Waals surface area contributed by atoms with Crippen LogP contribution in [0.25, 0.3) is 10.8 Å². The van der Waals surface area contributed by atoms with Crippen LogP contribution in [0.15, 0.2) is 36.4 Å². The number of carbonyl (C=O) groups is 1. The quantitative estimate of drug-likeness (QED) is 0.568. The van der Waals surface area contributed by atoms with Crippen molar-refractivity contribution in [3.63, 3.8) is 0 Å². The van der Waals surface area contributed by atoms with Crippen LogP contribution in [0.1, 0.15) is 17.3 Å². The van der Waals surface area contributed by atoms with Crippen LogP contribution in [-0.4, -0.2) is 37.9 Å². The first-order chi connectivity index (χ1) is 11.5. The first-order valence-corrected chi connectivity index (χ1v) is 7.88. The van der Waals surface area contributed by atoms with Gasteiger partial charge in [-0.25, -0.2) is 0 Å². The lowest BCUT2D eigenvalue weighted by Crippen LogP contribution is -2.50. The molecule has 0 fully saturated rings. The van der Waals surface area contributed by atoms with E-state index in [0.29, 0.717) is 23.0 Å². The van der Waals surface area contributed by atoms with Crippen molar-refractivity contribution in [3.05, 3.63) is 42.0 Å². The Morgan fingerprint density at radius 3 is 2.46 bits per heavy atom. The SMILES string of the molecule is COC[C@H](C)NC(=S)NNC(=O)c1cc2ccccc2cc1OC. The number of carbonyl (C=O) groups excluding carboxylic acids is 1. The Balaban J connectivity index is 2.06. The molecule has 0 aliphatic carbocycles. The van der Waals surface area contributed by atoms with E-state index in [2.05, 4.69) is 16.2 Å². The van der Waals surface area contributed by atoms with Crippen molar-refractivity contribution >= 4 is 34.0 Å². The summed E-state index contributed by atoms with van der Waals surface area (Å²) in [6, 6.07) is 11.4. The molecule has 0 aliphatic heterocycles. The van der Waals surface area contributed by atoms with E-state index in [9.17, 15) is 4.79 Å². The molecule has 1 amide bonds. The molecule has 0 aromatic heterocycles. The summed E-state index contributed by atoms with van der Waals surface area (Å²) in [4.78, 5) is 12.4. The third-order valence-electron chi connectivity index (χ3n) is 3.40. The van der Waals surface area contributed by atoms with Crippen molar-refractivity contribution in [3.8, 4) is 5.75 Å². The molecule has 0 unspecified atom stereocenters. The second-order valence-electron chi connectivity index (χ2n) is 5.31. The third-order valence-corrected chi connectivity index (χ3v) is 3.62. The predicted octanol–water partition coefficient (Wildman–Crippen LogP) is 1.99. The van der Waals surface area contributed by atoms with Crippen LogP contribution in [0.5, 0.6) is 5.75 Å². The van der Waals surface area contributed by atoms with E-state index in [-0.39, 0.29) is 11.9 Å². The van der Waals surface area contributed by atoms with E-state index in [1.165, 1.54) is 7.11 Å². The zero-order chi connectivity index (χ0) is 17.5. The van der Waals surface area contributed by atoms with Gasteiger partial charge in [-0.05, 0) is 42.0 Å². The van der Waals surface area contributed by atoms with E-state index in [4.69, 9.17) is 21.7 Å². The number of thiocarbonyl (C=S) groups is 1. The molecular formula is C17H21N3O3S. The van der Waals surface area contributed by atoms with Gasteiger partial charge in [0.25, 0.3) is 5.91 Å². The van der Waals surface area contributed by atoms with E-state index >= 15 is 0 Å². The highest BCUT2D eigenvalue weighted by Gasteiger charge is 2.14. The summed E-state index contributed by atoms with van der Waals surface area (Å²) >= 11 is 5.13. The number of methoxy groups -OCH3 is 2. The number of hydrogen-bond acceptors (Lipinski definition) is 4. The largest absolute Gasteiger partial charge is 0.496 e. The lowest BCUT2D eigenvalue weighted by molar-refractivity contribution is 0.0940. The van der Waals surface area contributed by atoms with Gasteiger partial charge in [-0.3, -0.25) is 15.6 Å². The molecule has 0 aliphatic rings. The third kappa shape index (κ3) is 4.56. The molecule has 6 nitrogen and oxygen atoms in total. The van der Waals surface area contributed by atoms with Gasteiger partial charge in [-0.1, -0.05) is 24.3 Å². The minimum absolute atomic E-state index is 0.0297. The molecule has 0 saturated heterocycles. The molecule has 7 heteroatoms. The first-order valence-electron chi connectivity index (χ1n) is 7.47. The lowest BCUT2D eigenvalue weighted by atomic mass is 10.1. The number of rotatable bonds is 5. The number of nitrogens with one attached hydrogen (secondary N) is 3. The molecule has 2 aromatic carbocycles. The highest BCUT2D eigenvalue weighted by molar-refractivity contribution is 7.80. The fourth-order valence-corrected chi connectivity index (χ4v) is 2.55. The van der Waals surface area contributed by atoms with E-state index in [1.54, 1.807) is 13.2 Å². The average molecular weight is 347 g/mol. The smallest absolute Gasteiger partial charge is 0.273 e. The van der Waals surface area contributed by atoms with Gasteiger partial charge >= 0.3 is 0 Å². The predicted molar refractivity (Wildman–Crippen MR) is 98.2 cm³/mol. The van der Waals surface area contributed by atoms with Crippen LogP contribution in [0.2, 0.25) is 0 Å². The summed E-state index contributed by atoms with van der Waals surface area (Å²) in [7, 11) is 3.15. The Bertz CT molecular complexity index is 736. The van der Waals surface area contributed by atoms with Gasteiger partial charge in [-0.15, -0.1) is 0 Å². The lowest BCUT2D eigenvalue weighted by Gasteiger charge is -2.17. The van der Waals surface area contributed by atoms with Gasteiger partial charge in [0.15, 0.2) is 5.11 Å². The number of benzene rings is 2. The molecule has 2 rings (SSSR count). The van der Waals surface area contributed by atoms with E-state index in [0.717, 1.165) is 10.8 Å². The first kappa shape index (κ1) is 18.0. The number of hydrazine groups is 1. The van der Waals surface area contributed by atoms with Crippen LogP contribution >= 0.6 is 12.2 Å². The summed E-state index contributed by atoms with van der Waals surface area (Å²) in [5.74, 6) is 0.167. The molecule has 0 spiro atoms. The van der Waals surface area contributed by atoms with Crippen LogP contribution in [0.4, 0.5) is 0 Å². The molecular weight excluding hydrogens is 326 g/mol. The highest BCUT2D eigenvalue weighted by Crippen LogP contribution is 2.25. The van der Waals surface area contributed by atoms with Crippen molar-refractivity contribution in [2.45, 2.75) is 13.0 Å². The zero-order valence-corrected chi connectivity index (χ0v) is 14.7. The maximum absolute atomic E-state index is 12.4. The molecule has 128 valence electrons. The normalized spacial score (nSPS) is 11.6. The monoisotopic (exact) mass is 347 g/mol. The standard InChI is InChI=1S/C17H21N3O3S/c1-11(10-22-2)18-17(24)20-19-16(21)14-8-12-6-4-5-7-13(12)9-15(14)23-3/h4-9,11H,10H2,1-3H3,(H,19,21)(H2,18,20,24)/t11-/m0/s1. The van der Waals surface area contributed by atoms with E-state index in [1.807, 2.05) is 37.3 Å². The van der Waals surface area contributed by atoms with Gasteiger partial charge in [0.05, 0.1) is 19.3 Å². The molecule has 24 heavy (non-hydrogen) atoms. The van der Waals surface area contributed by atoms with Crippen molar-refractivity contribution in [2.24, 2.45) is 0 Å². The van der Waals surface area contributed by atoms with Crippen LogP contribution in [0, 0.1) is 0 Å². The summed E-state index contributed by atoms with van der Waals surface area (Å²) in [6.45, 7) is 2.43. The minimum Gasteiger partial charge on any atom is -0.496 e. The Labute approximate surface area is 146 Å². The second kappa shape index (κ2) is 8.47. The molecule has 0 bridgehead atoms. The van der Waals surface area contributed by atoms with Crippen molar-refractivity contribution in [1.82, 2.24) is 16.2 Å². The Hall–Kier alpha value is -2.38. The minimum atomic E-state index is -0.332. The van der Waals surface area contributed by atoms with Gasteiger partial charge in [0.1, 0.15) is 5.75 Å². The maximum atomic E-state index is 12.4. The molecule has 0 heterocycles. The molecule has 0 radical (unpaired) electrons. The van der Waals surface area contributed by atoms with Crippen molar-refractivity contribution in [1.29, 1.82) is 0 Å². The fraction of sp³-hybridized carbons (Fsp3) is 0.294. The topological polar surface area (TPSA) is 71.6 Å². The molecule has 3 N–H and O–H groups in total. The average Bonchev–Trinajstić information content (AvgIpc) is 2.58. The summed E-state index contributed by atoms with van der Waals surface area (Å²) in [5.41, 5.74) is 5.68. The Morgan fingerprint density at radius 1 is 1.17 bits per heavy atom. The number of hydrogen-bond donors (Lipinski definition) is 3. The van der Waals surface area contributed by atoms with Crippen LogP contribution in [0.3, 0.4) is 0 Å². The molecule has 0 saturated carbocycles. The zero-order valence-electron chi connectivity index (χ0n) is 13.9. The van der Waals surface area contributed by atoms with Gasteiger partial charge in [0.2, 0.25) is 0 Å². The molecule has 1 atom stereocenters. The Morgan fingerprint density at radius 2 is 1.83 bits per heavy atom. The summed E-state index contributed by atoms with van der Waals surface area (Å²) < 4.78 is 10.3. The highest BCUT2D eigenvalue weighted by atomic mass is 32.1. The summed E-state index contributed by atoms with van der Waals surface area (Å²) in [6.07, 6.45) is 0.